The number of methoxy groups -OCH3 is 2. The summed E-state index contributed by atoms with van der Waals surface area (Å²) in [6.45, 7) is 4.35. The van der Waals surface area contributed by atoms with E-state index in [9.17, 15) is 0 Å². The first-order chi connectivity index (χ1) is 14.1. The summed E-state index contributed by atoms with van der Waals surface area (Å²) in [4.78, 5) is 4.51. The van der Waals surface area contributed by atoms with Crippen LogP contribution in [0.3, 0.4) is 0 Å². The molecule has 6 heteroatoms. The molecule has 29 heavy (non-hydrogen) atoms. The first-order valence-corrected chi connectivity index (χ1v) is 10.0. The van der Waals surface area contributed by atoms with Gasteiger partial charge in [0, 0.05) is 6.04 Å². The molecule has 0 radical (unpaired) electrons. The number of hydrogen-bond acceptors (Lipinski definition) is 5. The minimum absolute atomic E-state index is 0.108. The average Bonchev–Trinajstić information content (AvgIpc) is 3.33. The quantitative estimate of drug-likeness (QED) is 0.653. The topological polar surface area (TPSA) is 61.2 Å². The summed E-state index contributed by atoms with van der Waals surface area (Å²) < 4.78 is 13.0. The third-order valence-electron chi connectivity index (χ3n) is 5.80. The monoisotopic (exact) mass is 392 g/mol. The van der Waals surface area contributed by atoms with E-state index in [0.29, 0.717) is 6.04 Å². The number of nitrogens with zero attached hydrogens (tertiary/aromatic N) is 3. The largest absolute Gasteiger partial charge is 0.493 e. The fraction of sp³-hybridized carbons (Fsp3) is 0.391. The Balaban J connectivity index is 1.67. The maximum Gasteiger partial charge on any atom is 0.161 e. The highest BCUT2D eigenvalue weighted by molar-refractivity contribution is 5.44. The Morgan fingerprint density at radius 1 is 1.14 bits per heavy atom. The summed E-state index contributed by atoms with van der Waals surface area (Å²) in [5.74, 6) is 2.48. The number of aromatic nitrogens is 3. The van der Waals surface area contributed by atoms with Crippen LogP contribution in [0.2, 0.25) is 0 Å². The minimum Gasteiger partial charge on any atom is -0.493 e. The molecule has 2 aromatic carbocycles. The van der Waals surface area contributed by atoms with Crippen molar-refractivity contribution in [3.05, 3.63) is 71.3 Å². The summed E-state index contributed by atoms with van der Waals surface area (Å²) in [6.07, 6.45) is 3.50. The van der Waals surface area contributed by atoms with Gasteiger partial charge < -0.3 is 9.47 Å². The number of fused-ring (bicyclic) bond motifs is 1. The third-order valence-corrected chi connectivity index (χ3v) is 5.80. The second-order valence-corrected chi connectivity index (χ2v) is 7.66. The van der Waals surface area contributed by atoms with Crippen LogP contribution in [0.15, 0.2) is 48.8 Å². The molecule has 0 aliphatic carbocycles. The molecule has 3 unspecified atom stereocenters. The van der Waals surface area contributed by atoms with Gasteiger partial charge in [0.1, 0.15) is 12.2 Å². The molecule has 6 nitrogen and oxygen atoms in total. The van der Waals surface area contributed by atoms with Gasteiger partial charge in [0.25, 0.3) is 0 Å². The van der Waals surface area contributed by atoms with Gasteiger partial charge in [-0.3, -0.25) is 5.32 Å². The van der Waals surface area contributed by atoms with E-state index in [4.69, 9.17) is 9.47 Å². The normalized spacial score (nSPS) is 19.0. The van der Waals surface area contributed by atoms with Crippen LogP contribution in [0.5, 0.6) is 11.5 Å². The molecule has 0 amide bonds. The Morgan fingerprint density at radius 3 is 2.69 bits per heavy atom. The number of hydrogen-bond donors (Lipinski definition) is 1. The molecule has 3 atom stereocenters. The highest BCUT2D eigenvalue weighted by Gasteiger charge is 2.32. The van der Waals surface area contributed by atoms with Gasteiger partial charge >= 0.3 is 0 Å². The standard InChI is InChI=1S/C23H28N4O2/c1-15-7-5-6-8-17(15)12-19(18-9-10-21(28-3)22(13-18)29-4)26-20-11-16(2)27-23(20)24-14-25-27/h5-10,13-14,16,19-20,26H,11-12H2,1-4H3. The zero-order valence-electron chi connectivity index (χ0n) is 17.4. The van der Waals surface area contributed by atoms with Crippen LogP contribution < -0.4 is 14.8 Å². The second kappa shape index (κ2) is 8.25. The van der Waals surface area contributed by atoms with E-state index in [1.165, 1.54) is 11.1 Å². The first-order valence-electron chi connectivity index (χ1n) is 10.0. The van der Waals surface area contributed by atoms with Gasteiger partial charge in [-0.05, 0) is 55.5 Å². The molecule has 2 heterocycles. The molecule has 3 aromatic rings. The average molecular weight is 393 g/mol. The Kier molecular flexibility index (Phi) is 5.53. The predicted octanol–water partition coefficient (Wildman–Crippen LogP) is 4.18. The Hall–Kier alpha value is -2.86. The molecular weight excluding hydrogens is 364 g/mol. The van der Waals surface area contributed by atoms with Crippen LogP contribution in [-0.4, -0.2) is 29.0 Å². The predicted molar refractivity (Wildman–Crippen MR) is 112 cm³/mol. The van der Waals surface area contributed by atoms with Gasteiger partial charge in [-0.1, -0.05) is 30.3 Å². The molecular formula is C23H28N4O2. The molecule has 0 bridgehead atoms. The fourth-order valence-corrected chi connectivity index (χ4v) is 4.18. The molecule has 0 saturated carbocycles. The van der Waals surface area contributed by atoms with Crippen molar-refractivity contribution in [3.8, 4) is 11.5 Å². The van der Waals surface area contributed by atoms with Crippen LogP contribution in [0.4, 0.5) is 0 Å². The van der Waals surface area contributed by atoms with Crippen molar-refractivity contribution in [1.29, 1.82) is 0 Å². The first kappa shape index (κ1) is 19.5. The van der Waals surface area contributed by atoms with E-state index in [0.717, 1.165) is 35.7 Å². The summed E-state index contributed by atoms with van der Waals surface area (Å²) in [5, 5.41) is 8.23. The lowest BCUT2D eigenvalue weighted by Crippen LogP contribution is -2.27. The molecule has 0 spiro atoms. The molecule has 4 rings (SSSR count). The Bertz CT molecular complexity index is 985. The van der Waals surface area contributed by atoms with Crippen molar-refractivity contribution >= 4 is 0 Å². The summed E-state index contributed by atoms with van der Waals surface area (Å²) >= 11 is 0. The number of rotatable bonds is 7. The molecule has 1 aliphatic rings. The highest BCUT2D eigenvalue weighted by Crippen LogP contribution is 2.36. The van der Waals surface area contributed by atoms with Gasteiger partial charge in [0.15, 0.2) is 11.5 Å². The van der Waals surface area contributed by atoms with Gasteiger partial charge in [-0.25, -0.2) is 9.67 Å². The van der Waals surface area contributed by atoms with E-state index in [2.05, 4.69) is 65.6 Å². The van der Waals surface area contributed by atoms with Crippen LogP contribution >= 0.6 is 0 Å². The zero-order valence-corrected chi connectivity index (χ0v) is 17.4. The molecule has 1 N–H and O–H groups in total. The molecule has 0 saturated heterocycles. The molecule has 152 valence electrons. The van der Waals surface area contributed by atoms with Crippen LogP contribution in [-0.2, 0) is 6.42 Å². The lowest BCUT2D eigenvalue weighted by molar-refractivity contribution is 0.352. The summed E-state index contributed by atoms with van der Waals surface area (Å²) in [7, 11) is 3.33. The van der Waals surface area contributed by atoms with Gasteiger partial charge in [0.05, 0.1) is 26.3 Å². The van der Waals surface area contributed by atoms with Crippen molar-refractivity contribution in [2.45, 2.75) is 44.8 Å². The van der Waals surface area contributed by atoms with Crippen LogP contribution in [0, 0.1) is 6.92 Å². The third kappa shape index (κ3) is 3.85. The van der Waals surface area contributed by atoms with Crippen molar-refractivity contribution < 1.29 is 9.47 Å². The molecule has 1 aliphatic heterocycles. The maximum absolute atomic E-state index is 5.55. The lowest BCUT2D eigenvalue weighted by Gasteiger charge is -2.25. The number of benzene rings is 2. The minimum atomic E-state index is 0.108. The highest BCUT2D eigenvalue weighted by atomic mass is 16.5. The number of nitrogens with one attached hydrogen (secondary N) is 1. The number of aryl methyl sites for hydroxylation is 1. The van der Waals surface area contributed by atoms with E-state index in [-0.39, 0.29) is 12.1 Å². The van der Waals surface area contributed by atoms with Crippen molar-refractivity contribution in [3.63, 3.8) is 0 Å². The van der Waals surface area contributed by atoms with Crippen molar-refractivity contribution in [1.82, 2.24) is 20.1 Å². The van der Waals surface area contributed by atoms with Crippen molar-refractivity contribution in [2.24, 2.45) is 0 Å². The lowest BCUT2D eigenvalue weighted by atomic mass is 9.94. The Morgan fingerprint density at radius 2 is 1.93 bits per heavy atom. The second-order valence-electron chi connectivity index (χ2n) is 7.66. The van der Waals surface area contributed by atoms with Gasteiger partial charge in [-0.2, -0.15) is 5.10 Å². The fourth-order valence-electron chi connectivity index (χ4n) is 4.18. The van der Waals surface area contributed by atoms with Crippen molar-refractivity contribution in [2.75, 3.05) is 14.2 Å². The van der Waals surface area contributed by atoms with Crippen LogP contribution in [0.25, 0.3) is 0 Å². The zero-order chi connectivity index (χ0) is 20.4. The SMILES string of the molecule is COc1ccc(C(Cc2ccccc2C)NC2CC(C)n3ncnc32)cc1OC. The molecule has 1 aromatic heterocycles. The van der Waals surface area contributed by atoms with Gasteiger partial charge in [0.2, 0.25) is 0 Å². The van der Waals surface area contributed by atoms with Gasteiger partial charge in [-0.15, -0.1) is 0 Å². The van der Waals surface area contributed by atoms with Crippen LogP contribution in [0.1, 0.15) is 54.0 Å². The van der Waals surface area contributed by atoms with E-state index >= 15 is 0 Å². The molecule has 0 fully saturated rings. The summed E-state index contributed by atoms with van der Waals surface area (Å²) in [5.41, 5.74) is 3.78. The maximum atomic E-state index is 5.55. The Labute approximate surface area is 171 Å². The van der Waals surface area contributed by atoms with E-state index in [1.54, 1.807) is 20.5 Å². The van der Waals surface area contributed by atoms with E-state index in [1.807, 2.05) is 10.7 Å². The van der Waals surface area contributed by atoms with E-state index < -0.39 is 0 Å². The number of ether oxygens (including phenoxy) is 2. The smallest absolute Gasteiger partial charge is 0.161 e. The summed E-state index contributed by atoms with van der Waals surface area (Å²) in [6, 6.07) is 15.3.